The molecule has 0 saturated heterocycles. The van der Waals surface area contributed by atoms with Crippen molar-refractivity contribution < 1.29 is 4.79 Å². The van der Waals surface area contributed by atoms with E-state index in [9.17, 15) is 4.79 Å². The molecule has 0 aliphatic heterocycles. The van der Waals surface area contributed by atoms with Gasteiger partial charge in [0.05, 0.1) is 22.5 Å². The molecule has 3 nitrogen and oxygen atoms in total. The minimum Gasteiger partial charge on any atom is -0.398 e. The van der Waals surface area contributed by atoms with Crippen LogP contribution in [0.15, 0.2) is 35.3 Å². The van der Waals surface area contributed by atoms with Gasteiger partial charge in [-0.1, -0.05) is 18.2 Å². The highest BCUT2D eigenvalue weighted by molar-refractivity contribution is 9.10. The van der Waals surface area contributed by atoms with E-state index in [2.05, 4.69) is 27.5 Å². The maximum atomic E-state index is 12.4. The summed E-state index contributed by atoms with van der Waals surface area (Å²) >= 11 is 3.48. The first-order chi connectivity index (χ1) is 9.13. The van der Waals surface area contributed by atoms with Crippen molar-refractivity contribution in [1.82, 2.24) is 4.98 Å². The Morgan fingerprint density at radius 3 is 3.05 bits per heavy atom. The SMILES string of the molecule is C=CCC1Cc2nc3c(Br)cccc3c(N)c2C1=O. The van der Waals surface area contributed by atoms with Crippen LogP contribution >= 0.6 is 15.9 Å². The van der Waals surface area contributed by atoms with Crippen molar-refractivity contribution in [3.8, 4) is 0 Å². The normalized spacial score (nSPS) is 17.7. The highest BCUT2D eigenvalue weighted by Crippen LogP contribution is 2.37. The van der Waals surface area contributed by atoms with Gasteiger partial charge >= 0.3 is 0 Å². The molecule has 0 bridgehead atoms. The zero-order valence-corrected chi connectivity index (χ0v) is 11.9. The molecule has 19 heavy (non-hydrogen) atoms. The van der Waals surface area contributed by atoms with Gasteiger partial charge in [-0.2, -0.15) is 0 Å². The number of halogens is 1. The van der Waals surface area contributed by atoms with Crippen LogP contribution in [0.4, 0.5) is 5.69 Å². The van der Waals surface area contributed by atoms with Crippen molar-refractivity contribution >= 4 is 38.3 Å². The molecule has 1 unspecified atom stereocenters. The van der Waals surface area contributed by atoms with E-state index in [1.54, 1.807) is 6.08 Å². The Hall–Kier alpha value is -1.68. The zero-order valence-electron chi connectivity index (χ0n) is 10.3. The highest BCUT2D eigenvalue weighted by atomic mass is 79.9. The lowest BCUT2D eigenvalue weighted by Crippen LogP contribution is -2.09. The number of fused-ring (bicyclic) bond motifs is 2. The van der Waals surface area contributed by atoms with Crippen LogP contribution in [0.2, 0.25) is 0 Å². The fourth-order valence-corrected chi connectivity index (χ4v) is 3.13. The van der Waals surface area contributed by atoms with Crippen molar-refractivity contribution in [3.05, 3.63) is 46.6 Å². The first-order valence-electron chi connectivity index (χ1n) is 6.15. The maximum Gasteiger partial charge on any atom is 0.170 e. The molecule has 1 aliphatic carbocycles. The second-order valence-electron chi connectivity index (χ2n) is 4.77. The number of aromatic nitrogens is 1. The Labute approximate surface area is 119 Å². The van der Waals surface area contributed by atoms with Gasteiger partial charge in [-0.05, 0) is 28.4 Å². The number of hydrogen-bond donors (Lipinski definition) is 1. The summed E-state index contributed by atoms with van der Waals surface area (Å²) in [6.07, 6.45) is 3.11. The summed E-state index contributed by atoms with van der Waals surface area (Å²) in [5.41, 5.74) is 8.98. The third kappa shape index (κ3) is 1.78. The molecule has 4 heteroatoms. The number of ketones is 1. The summed E-state index contributed by atoms with van der Waals surface area (Å²) in [7, 11) is 0. The smallest absolute Gasteiger partial charge is 0.170 e. The maximum absolute atomic E-state index is 12.4. The Kier molecular flexibility index (Phi) is 2.90. The van der Waals surface area contributed by atoms with E-state index in [1.807, 2.05) is 18.2 Å². The van der Waals surface area contributed by atoms with E-state index in [4.69, 9.17) is 5.73 Å². The molecule has 3 rings (SSSR count). The van der Waals surface area contributed by atoms with Gasteiger partial charge in [-0.15, -0.1) is 6.58 Å². The monoisotopic (exact) mass is 316 g/mol. The number of rotatable bonds is 2. The number of Topliss-reactive ketones (excluding diaryl/α,β-unsaturated/α-hetero) is 1. The average molecular weight is 317 g/mol. The molecule has 1 aromatic carbocycles. The number of para-hydroxylation sites is 1. The average Bonchev–Trinajstić information content (AvgIpc) is 2.69. The fourth-order valence-electron chi connectivity index (χ4n) is 2.67. The van der Waals surface area contributed by atoms with Crippen molar-refractivity contribution in [2.45, 2.75) is 12.8 Å². The lowest BCUT2D eigenvalue weighted by molar-refractivity contribution is 0.0938. The first kappa shape index (κ1) is 12.4. The molecule has 0 radical (unpaired) electrons. The van der Waals surface area contributed by atoms with Gasteiger partial charge in [-0.3, -0.25) is 9.78 Å². The Bertz CT molecular complexity index is 709. The zero-order chi connectivity index (χ0) is 13.6. The van der Waals surface area contributed by atoms with Crippen LogP contribution in [0.25, 0.3) is 10.9 Å². The van der Waals surface area contributed by atoms with E-state index in [1.165, 1.54) is 0 Å². The number of nitrogens with zero attached hydrogens (tertiary/aromatic N) is 1. The second-order valence-corrected chi connectivity index (χ2v) is 5.63. The van der Waals surface area contributed by atoms with E-state index < -0.39 is 0 Å². The number of anilines is 1. The number of benzene rings is 1. The number of nitrogens with two attached hydrogens (primary N) is 1. The van der Waals surface area contributed by atoms with E-state index in [-0.39, 0.29) is 11.7 Å². The predicted octanol–water partition coefficient (Wildman–Crippen LogP) is 3.51. The summed E-state index contributed by atoms with van der Waals surface area (Å²) in [4.78, 5) is 17.0. The number of carbonyl (C=O) groups is 1. The highest BCUT2D eigenvalue weighted by Gasteiger charge is 2.33. The van der Waals surface area contributed by atoms with Gasteiger partial charge < -0.3 is 5.73 Å². The minimum absolute atomic E-state index is 0.0575. The summed E-state index contributed by atoms with van der Waals surface area (Å²) < 4.78 is 0.902. The Morgan fingerprint density at radius 2 is 2.32 bits per heavy atom. The van der Waals surface area contributed by atoms with Gasteiger partial charge in [0, 0.05) is 22.2 Å². The van der Waals surface area contributed by atoms with Crippen LogP contribution in [0.3, 0.4) is 0 Å². The summed E-state index contributed by atoms with van der Waals surface area (Å²) in [5.74, 6) is 0.0414. The molecule has 0 amide bonds. The lowest BCUT2D eigenvalue weighted by atomic mass is 10.0. The topological polar surface area (TPSA) is 56.0 Å². The van der Waals surface area contributed by atoms with Gasteiger partial charge in [-0.25, -0.2) is 0 Å². The number of pyridine rings is 1. The van der Waals surface area contributed by atoms with Gasteiger partial charge in [0.25, 0.3) is 0 Å². The largest absolute Gasteiger partial charge is 0.398 e. The second kappa shape index (κ2) is 4.46. The van der Waals surface area contributed by atoms with Crippen LogP contribution in [0.5, 0.6) is 0 Å². The molecule has 1 aromatic heterocycles. The molecule has 0 saturated carbocycles. The molecular weight excluding hydrogens is 304 g/mol. The minimum atomic E-state index is -0.0575. The van der Waals surface area contributed by atoms with E-state index in [0.29, 0.717) is 24.1 Å². The van der Waals surface area contributed by atoms with E-state index in [0.717, 1.165) is 21.1 Å². The first-order valence-corrected chi connectivity index (χ1v) is 6.94. The number of nitrogen functional groups attached to an aromatic ring is 1. The Morgan fingerprint density at radius 1 is 1.53 bits per heavy atom. The van der Waals surface area contributed by atoms with Crippen LogP contribution in [0.1, 0.15) is 22.5 Å². The fraction of sp³-hybridized carbons (Fsp3) is 0.200. The molecular formula is C15H13BrN2O. The van der Waals surface area contributed by atoms with Crippen LogP contribution in [-0.2, 0) is 6.42 Å². The number of carbonyl (C=O) groups excluding carboxylic acids is 1. The molecule has 0 spiro atoms. The van der Waals surface area contributed by atoms with Crippen molar-refractivity contribution in [3.63, 3.8) is 0 Å². The van der Waals surface area contributed by atoms with Crippen molar-refractivity contribution in [2.24, 2.45) is 5.92 Å². The molecule has 0 fully saturated rings. The van der Waals surface area contributed by atoms with Crippen molar-refractivity contribution in [1.29, 1.82) is 0 Å². The van der Waals surface area contributed by atoms with Crippen molar-refractivity contribution in [2.75, 3.05) is 5.73 Å². The van der Waals surface area contributed by atoms with E-state index >= 15 is 0 Å². The van der Waals surface area contributed by atoms with Crippen LogP contribution < -0.4 is 5.73 Å². The third-order valence-electron chi connectivity index (χ3n) is 3.59. The summed E-state index contributed by atoms with van der Waals surface area (Å²) in [6.45, 7) is 3.70. The molecule has 1 atom stereocenters. The standard InChI is InChI=1S/C15H13BrN2O/c1-2-4-8-7-11-12(15(8)19)13(17)9-5-3-6-10(16)14(9)18-11/h2-3,5-6,8H,1,4,7H2,(H2,17,18). The summed E-state index contributed by atoms with van der Waals surface area (Å²) in [5, 5.41) is 0.834. The number of allylic oxidation sites excluding steroid dienone is 1. The third-order valence-corrected chi connectivity index (χ3v) is 4.23. The van der Waals surface area contributed by atoms with Crippen LogP contribution in [0, 0.1) is 5.92 Å². The van der Waals surface area contributed by atoms with Gasteiger partial charge in [0.1, 0.15) is 0 Å². The lowest BCUT2D eigenvalue weighted by Gasteiger charge is -2.08. The van der Waals surface area contributed by atoms with Gasteiger partial charge in [0.2, 0.25) is 0 Å². The van der Waals surface area contributed by atoms with Gasteiger partial charge in [0.15, 0.2) is 5.78 Å². The van der Waals surface area contributed by atoms with Crippen LogP contribution in [-0.4, -0.2) is 10.8 Å². The molecule has 1 aliphatic rings. The molecule has 2 N–H and O–H groups in total. The predicted molar refractivity (Wildman–Crippen MR) is 80.2 cm³/mol. The number of hydrogen-bond acceptors (Lipinski definition) is 3. The summed E-state index contributed by atoms with van der Waals surface area (Å²) in [6, 6.07) is 5.73. The Balaban J connectivity index is 2.26. The molecule has 2 aromatic rings. The molecule has 96 valence electrons. The quantitative estimate of drug-likeness (QED) is 0.862. The molecule has 1 heterocycles.